The minimum Gasteiger partial charge on any atom is -0.508 e. The normalized spacial score (nSPS) is 24.4. The molecular formula is C25H26O5. The van der Waals surface area contributed by atoms with E-state index in [-0.39, 0.29) is 12.4 Å². The lowest BCUT2D eigenvalue weighted by molar-refractivity contribution is -0.0864. The van der Waals surface area contributed by atoms with Crippen molar-refractivity contribution in [2.24, 2.45) is 0 Å². The van der Waals surface area contributed by atoms with Crippen molar-refractivity contribution in [2.75, 3.05) is 6.61 Å². The first-order valence-corrected chi connectivity index (χ1v) is 10.2. The van der Waals surface area contributed by atoms with Crippen LogP contribution in [0.15, 0.2) is 42.0 Å². The fraction of sp³-hybridized carbons (Fsp3) is 0.360. The van der Waals surface area contributed by atoms with Gasteiger partial charge in [-0.05, 0) is 70.0 Å². The molecular weight excluding hydrogens is 380 g/mol. The molecule has 5 nitrogen and oxygen atoms in total. The number of allylic oxidation sites excluding steroid dienone is 2. The van der Waals surface area contributed by atoms with Crippen molar-refractivity contribution in [3.05, 3.63) is 64.2 Å². The number of fused-ring (bicyclic) bond motifs is 7. The summed E-state index contributed by atoms with van der Waals surface area (Å²) in [5, 5.41) is 22.0. The molecule has 0 radical (unpaired) electrons. The predicted octanol–water partition coefficient (Wildman–Crippen LogP) is 4.80. The Morgan fingerprint density at radius 3 is 2.77 bits per heavy atom. The number of ether oxygens (including phenoxy) is 3. The lowest BCUT2D eigenvalue weighted by atomic mass is 9.83. The number of benzene rings is 2. The van der Waals surface area contributed by atoms with E-state index in [2.05, 4.69) is 6.08 Å². The molecule has 3 aliphatic heterocycles. The van der Waals surface area contributed by atoms with Crippen LogP contribution in [-0.2, 0) is 12.0 Å². The van der Waals surface area contributed by atoms with Crippen LogP contribution in [0.25, 0.3) is 6.08 Å². The second-order valence-electron chi connectivity index (χ2n) is 9.11. The van der Waals surface area contributed by atoms with E-state index in [9.17, 15) is 10.2 Å². The van der Waals surface area contributed by atoms with Crippen LogP contribution in [0.2, 0.25) is 0 Å². The summed E-state index contributed by atoms with van der Waals surface area (Å²) in [7, 11) is 0. The molecule has 5 rings (SSSR count). The molecule has 0 saturated heterocycles. The molecule has 0 bridgehead atoms. The Morgan fingerprint density at radius 1 is 1.20 bits per heavy atom. The fourth-order valence-corrected chi connectivity index (χ4v) is 4.36. The summed E-state index contributed by atoms with van der Waals surface area (Å²) in [5.41, 5.74) is 2.52. The van der Waals surface area contributed by atoms with E-state index in [0.29, 0.717) is 23.5 Å². The molecule has 0 saturated carbocycles. The highest BCUT2D eigenvalue weighted by Crippen LogP contribution is 2.57. The van der Waals surface area contributed by atoms with Crippen molar-refractivity contribution in [1.82, 2.24) is 0 Å². The number of hydrogen-bond donors (Lipinski definition) is 2. The minimum absolute atomic E-state index is 0.0548. The second kappa shape index (κ2) is 6.29. The Kier molecular flexibility index (Phi) is 4.00. The largest absolute Gasteiger partial charge is 0.508 e. The highest BCUT2D eigenvalue weighted by atomic mass is 16.5. The average molecular weight is 406 g/mol. The predicted molar refractivity (Wildman–Crippen MR) is 114 cm³/mol. The van der Waals surface area contributed by atoms with Crippen LogP contribution in [-0.4, -0.2) is 22.4 Å². The fourth-order valence-electron chi connectivity index (χ4n) is 4.36. The number of hydrogen-bond acceptors (Lipinski definition) is 5. The zero-order valence-corrected chi connectivity index (χ0v) is 17.7. The van der Waals surface area contributed by atoms with E-state index in [1.165, 1.54) is 5.57 Å². The van der Waals surface area contributed by atoms with Gasteiger partial charge in [-0.1, -0.05) is 11.6 Å². The van der Waals surface area contributed by atoms with Gasteiger partial charge in [0.25, 0.3) is 0 Å². The van der Waals surface area contributed by atoms with Crippen molar-refractivity contribution < 1.29 is 24.4 Å². The van der Waals surface area contributed by atoms with Crippen LogP contribution in [0.5, 0.6) is 23.0 Å². The molecule has 5 heteroatoms. The summed E-state index contributed by atoms with van der Waals surface area (Å²) in [6.45, 7) is 8.10. The van der Waals surface area contributed by atoms with E-state index in [4.69, 9.17) is 14.2 Å². The maximum atomic E-state index is 11.6. The minimum atomic E-state index is -1.30. The van der Waals surface area contributed by atoms with Gasteiger partial charge in [-0.15, -0.1) is 0 Å². The maximum Gasteiger partial charge on any atom is 0.168 e. The molecule has 0 fully saturated rings. The van der Waals surface area contributed by atoms with Gasteiger partial charge >= 0.3 is 0 Å². The molecule has 0 aliphatic carbocycles. The Bertz CT molecular complexity index is 1110. The summed E-state index contributed by atoms with van der Waals surface area (Å²) in [6, 6.07) is 7.25. The summed E-state index contributed by atoms with van der Waals surface area (Å²) in [4.78, 5) is 0. The van der Waals surface area contributed by atoms with Gasteiger partial charge in [-0.2, -0.15) is 0 Å². The van der Waals surface area contributed by atoms with Crippen LogP contribution in [0.3, 0.4) is 0 Å². The van der Waals surface area contributed by atoms with Gasteiger partial charge in [-0.25, -0.2) is 0 Å². The molecule has 3 aliphatic rings. The molecule has 0 unspecified atom stereocenters. The first-order chi connectivity index (χ1) is 14.2. The van der Waals surface area contributed by atoms with Crippen molar-refractivity contribution >= 4 is 6.08 Å². The summed E-state index contributed by atoms with van der Waals surface area (Å²) in [6.07, 6.45) is 6.03. The third-order valence-electron chi connectivity index (χ3n) is 5.99. The second-order valence-corrected chi connectivity index (χ2v) is 9.11. The SMILES string of the molecule is CC(C)=CCc1cc2c(cc1O)OC[C@]1(O)c3ccc4c(c3O[C@H]21)C=CC(C)(C)O4. The van der Waals surface area contributed by atoms with E-state index in [1.807, 2.05) is 58.0 Å². The number of aromatic hydroxyl groups is 1. The number of phenols is 1. The lowest BCUT2D eigenvalue weighted by Gasteiger charge is -2.35. The first-order valence-electron chi connectivity index (χ1n) is 10.2. The molecule has 30 heavy (non-hydrogen) atoms. The van der Waals surface area contributed by atoms with E-state index >= 15 is 0 Å². The third-order valence-corrected chi connectivity index (χ3v) is 5.99. The first kappa shape index (κ1) is 19.1. The quantitative estimate of drug-likeness (QED) is 0.702. The van der Waals surface area contributed by atoms with Gasteiger partial charge in [-0.3, -0.25) is 0 Å². The van der Waals surface area contributed by atoms with Crippen molar-refractivity contribution in [1.29, 1.82) is 0 Å². The average Bonchev–Trinajstić information content (AvgIpc) is 2.98. The maximum absolute atomic E-state index is 11.6. The van der Waals surface area contributed by atoms with Crippen LogP contribution >= 0.6 is 0 Å². The third kappa shape index (κ3) is 2.80. The summed E-state index contributed by atoms with van der Waals surface area (Å²) in [5.74, 6) is 2.09. The molecule has 0 aromatic heterocycles. The van der Waals surface area contributed by atoms with Gasteiger partial charge in [0.2, 0.25) is 0 Å². The highest BCUT2D eigenvalue weighted by Gasteiger charge is 2.54. The molecule has 156 valence electrons. The number of aliphatic hydroxyl groups is 1. The smallest absolute Gasteiger partial charge is 0.168 e. The molecule has 0 amide bonds. The highest BCUT2D eigenvalue weighted by molar-refractivity contribution is 5.71. The molecule has 2 aromatic carbocycles. The van der Waals surface area contributed by atoms with Crippen molar-refractivity contribution in [2.45, 2.75) is 51.4 Å². The molecule has 0 spiro atoms. The topological polar surface area (TPSA) is 68.2 Å². The lowest BCUT2D eigenvalue weighted by Crippen LogP contribution is -2.41. The Hall–Kier alpha value is -2.92. The van der Waals surface area contributed by atoms with E-state index in [1.54, 1.807) is 6.07 Å². The van der Waals surface area contributed by atoms with Crippen LogP contribution < -0.4 is 14.2 Å². The van der Waals surface area contributed by atoms with E-state index < -0.39 is 17.3 Å². The van der Waals surface area contributed by atoms with Gasteiger partial charge in [0, 0.05) is 17.2 Å². The van der Waals surface area contributed by atoms with Crippen molar-refractivity contribution in [3.63, 3.8) is 0 Å². The van der Waals surface area contributed by atoms with Crippen molar-refractivity contribution in [3.8, 4) is 23.0 Å². The van der Waals surface area contributed by atoms with Gasteiger partial charge in [0.05, 0.1) is 5.56 Å². The van der Waals surface area contributed by atoms with E-state index in [0.717, 1.165) is 22.4 Å². The van der Waals surface area contributed by atoms with Gasteiger partial charge < -0.3 is 24.4 Å². The molecule has 2 N–H and O–H groups in total. The van der Waals surface area contributed by atoms with Crippen LogP contribution in [0.4, 0.5) is 0 Å². The number of phenolic OH excluding ortho intramolecular Hbond substituents is 1. The Balaban J connectivity index is 1.60. The Morgan fingerprint density at radius 2 is 2.00 bits per heavy atom. The van der Waals surface area contributed by atoms with Crippen LogP contribution in [0, 0.1) is 0 Å². The molecule has 2 atom stereocenters. The molecule has 3 heterocycles. The monoisotopic (exact) mass is 406 g/mol. The molecule has 2 aromatic rings. The Labute approximate surface area is 176 Å². The zero-order valence-electron chi connectivity index (χ0n) is 17.7. The van der Waals surface area contributed by atoms with Crippen LogP contribution in [0.1, 0.15) is 56.1 Å². The van der Waals surface area contributed by atoms with Gasteiger partial charge in [0.15, 0.2) is 11.7 Å². The standard InChI is InChI=1S/C25H26O5/c1-14(2)5-6-15-11-17-21(12-19(15)26)28-13-25(27)18-7-8-20-16(22(18)29-23(17)25)9-10-24(3,4)30-20/h5,7-12,23,26-27H,6,13H2,1-4H3/t23-,25+/m1/s1. The summed E-state index contributed by atoms with van der Waals surface area (Å²) < 4.78 is 18.3. The van der Waals surface area contributed by atoms with Gasteiger partial charge in [0.1, 0.15) is 35.2 Å². The number of rotatable bonds is 2. The zero-order chi connectivity index (χ0) is 21.3. The summed E-state index contributed by atoms with van der Waals surface area (Å²) >= 11 is 0.